The molecule has 1 aromatic heterocycles. The van der Waals surface area contributed by atoms with Gasteiger partial charge in [-0.05, 0) is 25.1 Å². The van der Waals surface area contributed by atoms with Crippen LogP contribution in [-0.4, -0.2) is 15.7 Å². The SMILES string of the molecule is CC(C(=O)Nc1ccc(F)c(F)c1)n1nc(-c2ccccc2)ccc1=O. The summed E-state index contributed by atoms with van der Waals surface area (Å²) in [5.74, 6) is -2.66. The number of hydrogen-bond donors (Lipinski definition) is 1. The van der Waals surface area contributed by atoms with Crippen molar-refractivity contribution in [3.8, 4) is 11.3 Å². The van der Waals surface area contributed by atoms with E-state index in [-0.39, 0.29) is 5.69 Å². The Labute approximate surface area is 147 Å². The van der Waals surface area contributed by atoms with E-state index in [1.54, 1.807) is 6.07 Å². The lowest BCUT2D eigenvalue weighted by Crippen LogP contribution is -2.33. The maximum atomic E-state index is 13.3. The maximum absolute atomic E-state index is 13.3. The van der Waals surface area contributed by atoms with Gasteiger partial charge in [0.15, 0.2) is 11.6 Å². The highest BCUT2D eigenvalue weighted by Gasteiger charge is 2.18. The molecule has 0 aliphatic rings. The number of carbonyl (C=O) groups is 1. The fourth-order valence-electron chi connectivity index (χ4n) is 2.40. The van der Waals surface area contributed by atoms with Crippen molar-refractivity contribution >= 4 is 11.6 Å². The Morgan fingerprint density at radius 2 is 1.77 bits per heavy atom. The van der Waals surface area contributed by atoms with Crippen LogP contribution in [0.2, 0.25) is 0 Å². The first kappa shape index (κ1) is 17.5. The summed E-state index contributed by atoms with van der Waals surface area (Å²) in [7, 11) is 0. The van der Waals surface area contributed by atoms with Crippen LogP contribution in [0.5, 0.6) is 0 Å². The first-order chi connectivity index (χ1) is 12.5. The minimum Gasteiger partial charge on any atom is -0.324 e. The number of halogens is 2. The molecule has 0 fully saturated rings. The molecule has 3 rings (SSSR count). The lowest BCUT2D eigenvalue weighted by molar-refractivity contribution is -0.119. The second-order valence-corrected chi connectivity index (χ2v) is 5.66. The molecule has 1 N–H and O–H groups in total. The largest absolute Gasteiger partial charge is 0.324 e. The average Bonchev–Trinajstić information content (AvgIpc) is 2.65. The van der Waals surface area contributed by atoms with Crippen LogP contribution in [-0.2, 0) is 4.79 Å². The zero-order valence-electron chi connectivity index (χ0n) is 13.8. The quantitative estimate of drug-likeness (QED) is 0.780. The number of nitrogens with zero attached hydrogens (tertiary/aromatic N) is 2. The lowest BCUT2D eigenvalue weighted by Gasteiger charge is -2.15. The molecule has 132 valence electrons. The van der Waals surface area contributed by atoms with E-state index in [1.807, 2.05) is 30.3 Å². The molecule has 3 aromatic rings. The summed E-state index contributed by atoms with van der Waals surface area (Å²) >= 11 is 0. The summed E-state index contributed by atoms with van der Waals surface area (Å²) in [4.78, 5) is 24.5. The van der Waals surface area contributed by atoms with Crippen LogP contribution >= 0.6 is 0 Å². The molecule has 5 nitrogen and oxygen atoms in total. The first-order valence-corrected chi connectivity index (χ1v) is 7.87. The van der Waals surface area contributed by atoms with Gasteiger partial charge in [0, 0.05) is 23.4 Å². The van der Waals surface area contributed by atoms with Gasteiger partial charge in [-0.15, -0.1) is 0 Å². The smallest absolute Gasteiger partial charge is 0.267 e. The molecule has 0 bridgehead atoms. The van der Waals surface area contributed by atoms with Gasteiger partial charge in [-0.25, -0.2) is 13.5 Å². The number of benzene rings is 2. The van der Waals surface area contributed by atoms with Gasteiger partial charge in [0.2, 0.25) is 5.91 Å². The third kappa shape index (κ3) is 3.66. The van der Waals surface area contributed by atoms with E-state index < -0.39 is 29.1 Å². The van der Waals surface area contributed by atoms with Gasteiger partial charge >= 0.3 is 0 Å². The minimum atomic E-state index is -1.07. The van der Waals surface area contributed by atoms with E-state index in [9.17, 15) is 18.4 Å². The van der Waals surface area contributed by atoms with Crippen molar-refractivity contribution in [1.29, 1.82) is 0 Å². The van der Waals surface area contributed by atoms with Crippen LogP contribution in [0.1, 0.15) is 13.0 Å². The summed E-state index contributed by atoms with van der Waals surface area (Å²) in [6.07, 6.45) is 0. The minimum absolute atomic E-state index is 0.0908. The Morgan fingerprint density at radius 3 is 2.46 bits per heavy atom. The second-order valence-electron chi connectivity index (χ2n) is 5.66. The highest BCUT2D eigenvalue weighted by molar-refractivity contribution is 5.93. The number of carbonyl (C=O) groups excluding carboxylic acids is 1. The molecule has 1 atom stereocenters. The van der Waals surface area contributed by atoms with Crippen molar-refractivity contribution in [2.45, 2.75) is 13.0 Å². The summed E-state index contributed by atoms with van der Waals surface area (Å²) in [6.45, 7) is 1.50. The van der Waals surface area contributed by atoms with Gasteiger partial charge in [0.25, 0.3) is 5.56 Å². The second kappa shape index (κ2) is 7.26. The zero-order valence-corrected chi connectivity index (χ0v) is 13.8. The standard InChI is InChI=1S/C19H15F2N3O2/c1-12(19(26)22-14-7-8-15(20)16(21)11-14)24-18(25)10-9-17(23-24)13-5-3-2-4-6-13/h2-12H,1H3,(H,22,26). The van der Waals surface area contributed by atoms with Crippen molar-refractivity contribution in [3.63, 3.8) is 0 Å². The van der Waals surface area contributed by atoms with Gasteiger partial charge in [0.05, 0.1) is 5.69 Å². The third-order valence-corrected chi connectivity index (χ3v) is 3.83. The molecule has 0 saturated carbocycles. The number of aromatic nitrogens is 2. The van der Waals surface area contributed by atoms with Gasteiger partial charge in [-0.1, -0.05) is 30.3 Å². The number of anilines is 1. The predicted molar refractivity (Wildman–Crippen MR) is 93.6 cm³/mol. The molecule has 0 saturated heterocycles. The van der Waals surface area contributed by atoms with Crippen molar-refractivity contribution in [1.82, 2.24) is 9.78 Å². The fourth-order valence-corrected chi connectivity index (χ4v) is 2.40. The maximum Gasteiger partial charge on any atom is 0.267 e. The third-order valence-electron chi connectivity index (χ3n) is 3.83. The number of nitrogens with one attached hydrogen (secondary N) is 1. The van der Waals surface area contributed by atoms with E-state index in [1.165, 1.54) is 19.1 Å². The summed E-state index contributed by atoms with van der Waals surface area (Å²) in [5.41, 5.74) is 0.984. The number of amides is 1. The molecule has 0 aliphatic heterocycles. The normalized spacial score (nSPS) is 11.8. The van der Waals surface area contributed by atoms with Crippen LogP contribution in [0, 0.1) is 11.6 Å². The Bertz CT molecular complexity index is 1000. The van der Waals surface area contributed by atoms with Crippen LogP contribution in [0.15, 0.2) is 65.5 Å². The van der Waals surface area contributed by atoms with Crippen LogP contribution in [0.4, 0.5) is 14.5 Å². The summed E-state index contributed by atoms with van der Waals surface area (Å²) in [6, 6.07) is 14.2. The molecule has 1 amide bonds. The predicted octanol–water partition coefficient (Wildman–Crippen LogP) is 3.39. The van der Waals surface area contributed by atoms with Gasteiger partial charge in [0.1, 0.15) is 6.04 Å². The van der Waals surface area contributed by atoms with Gasteiger partial charge in [-0.3, -0.25) is 9.59 Å². The van der Waals surface area contributed by atoms with E-state index in [4.69, 9.17) is 0 Å². The van der Waals surface area contributed by atoms with E-state index >= 15 is 0 Å². The highest BCUT2D eigenvalue weighted by Crippen LogP contribution is 2.17. The molecule has 0 spiro atoms. The lowest BCUT2D eigenvalue weighted by atomic mass is 10.1. The molecule has 0 radical (unpaired) electrons. The molecular formula is C19H15F2N3O2. The van der Waals surface area contributed by atoms with Crippen molar-refractivity contribution in [3.05, 3.63) is 82.7 Å². The summed E-state index contributed by atoms with van der Waals surface area (Å²) in [5, 5.41) is 6.70. The Morgan fingerprint density at radius 1 is 1.04 bits per heavy atom. The zero-order chi connectivity index (χ0) is 18.7. The molecule has 7 heteroatoms. The van der Waals surface area contributed by atoms with E-state index in [0.717, 1.165) is 22.4 Å². The number of rotatable bonds is 4. The van der Waals surface area contributed by atoms with E-state index in [0.29, 0.717) is 5.69 Å². The van der Waals surface area contributed by atoms with Crippen molar-refractivity contribution in [2.24, 2.45) is 0 Å². The van der Waals surface area contributed by atoms with Crippen molar-refractivity contribution in [2.75, 3.05) is 5.32 Å². The first-order valence-electron chi connectivity index (χ1n) is 7.87. The van der Waals surface area contributed by atoms with E-state index in [2.05, 4.69) is 10.4 Å². The van der Waals surface area contributed by atoms with Crippen molar-refractivity contribution < 1.29 is 13.6 Å². The van der Waals surface area contributed by atoms with Gasteiger partial charge in [-0.2, -0.15) is 5.10 Å². The Hall–Kier alpha value is -3.35. The fraction of sp³-hybridized carbons (Fsp3) is 0.105. The Kier molecular flexibility index (Phi) is 4.88. The Balaban J connectivity index is 1.86. The molecule has 0 aliphatic carbocycles. The molecule has 26 heavy (non-hydrogen) atoms. The van der Waals surface area contributed by atoms with Crippen LogP contribution < -0.4 is 10.9 Å². The highest BCUT2D eigenvalue weighted by atomic mass is 19.2. The average molecular weight is 355 g/mol. The summed E-state index contributed by atoms with van der Waals surface area (Å²) < 4.78 is 27.3. The molecular weight excluding hydrogens is 340 g/mol. The van der Waals surface area contributed by atoms with Crippen LogP contribution in [0.25, 0.3) is 11.3 Å². The molecule has 2 aromatic carbocycles. The van der Waals surface area contributed by atoms with Crippen LogP contribution in [0.3, 0.4) is 0 Å². The monoisotopic (exact) mass is 355 g/mol. The molecule has 1 unspecified atom stereocenters. The number of hydrogen-bond acceptors (Lipinski definition) is 3. The topological polar surface area (TPSA) is 64.0 Å². The molecule has 1 heterocycles. The van der Waals surface area contributed by atoms with Gasteiger partial charge < -0.3 is 5.32 Å².